The first-order chi connectivity index (χ1) is 16.6. The molecule has 5 heterocycles. The third-order valence-corrected chi connectivity index (χ3v) is 6.80. The Bertz CT molecular complexity index is 1610. The van der Waals surface area contributed by atoms with Crippen molar-refractivity contribution < 1.29 is 4.79 Å². The van der Waals surface area contributed by atoms with E-state index in [-0.39, 0.29) is 17.4 Å². The highest BCUT2D eigenvalue weighted by molar-refractivity contribution is 7.99. The molecular formula is C24H21N7O2S. The van der Waals surface area contributed by atoms with Crippen LogP contribution in [-0.4, -0.2) is 34.5 Å². The Balaban J connectivity index is 1.29. The van der Waals surface area contributed by atoms with Crippen LogP contribution in [0.4, 0.5) is 5.82 Å². The van der Waals surface area contributed by atoms with Gasteiger partial charge in [0.05, 0.1) is 6.20 Å². The number of nitrogens with zero attached hydrogens (tertiary/aromatic N) is 6. The van der Waals surface area contributed by atoms with Crippen molar-refractivity contribution in [1.82, 2.24) is 28.5 Å². The zero-order chi connectivity index (χ0) is 23.2. The lowest BCUT2D eigenvalue weighted by Gasteiger charge is -2.07. The number of pyridine rings is 3. The molecule has 1 N–H and O–H groups in total. The fourth-order valence-electron chi connectivity index (χ4n) is 3.83. The number of hydrogen-bond acceptors (Lipinski definition) is 6. The molecule has 5 aromatic rings. The van der Waals surface area contributed by atoms with E-state index in [1.54, 1.807) is 10.6 Å². The van der Waals surface area contributed by atoms with E-state index in [9.17, 15) is 9.59 Å². The van der Waals surface area contributed by atoms with Gasteiger partial charge in [0.2, 0.25) is 5.91 Å². The van der Waals surface area contributed by atoms with Gasteiger partial charge in [0, 0.05) is 47.6 Å². The van der Waals surface area contributed by atoms with E-state index in [2.05, 4.69) is 20.5 Å². The van der Waals surface area contributed by atoms with Gasteiger partial charge >= 0.3 is 0 Å². The maximum absolute atomic E-state index is 12.0. The molecule has 1 saturated carbocycles. The van der Waals surface area contributed by atoms with Crippen molar-refractivity contribution in [2.75, 3.05) is 5.32 Å². The summed E-state index contributed by atoms with van der Waals surface area (Å²) < 4.78 is 5.53. The highest BCUT2D eigenvalue weighted by atomic mass is 32.2. The molecule has 0 aromatic carbocycles. The van der Waals surface area contributed by atoms with Crippen molar-refractivity contribution in [2.45, 2.75) is 36.4 Å². The average molecular weight is 472 g/mol. The Morgan fingerprint density at radius 1 is 1.00 bits per heavy atom. The lowest BCUT2D eigenvalue weighted by Crippen LogP contribution is -2.16. The summed E-state index contributed by atoms with van der Waals surface area (Å²) in [7, 11) is 0. The summed E-state index contributed by atoms with van der Waals surface area (Å²) in [5.74, 6) is 0.732. The monoisotopic (exact) mass is 471 g/mol. The molecule has 1 fully saturated rings. The molecule has 0 unspecified atom stereocenters. The number of amides is 1. The molecule has 5 aromatic heterocycles. The van der Waals surface area contributed by atoms with Gasteiger partial charge in [0.25, 0.3) is 5.56 Å². The molecule has 1 amide bonds. The fraction of sp³-hybridized carbons (Fsp3) is 0.208. The quantitative estimate of drug-likeness (QED) is 0.405. The van der Waals surface area contributed by atoms with Crippen LogP contribution in [0.15, 0.2) is 76.0 Å². The van der Waals surface area contributed by atoms with Crippen LogP contribution in [0.5, 0.6) is 0 Å². The zero-order valence-corrected chi connectivity index (χ0v) is 19.2. The van der Waals surface area contributed by atoms with E-state index in [1.807, 2.05) is 70.8 Å². The topological polar surface area (TPSA) is 98.6 Å². The second-order valence-electron chi connectivity index (χ2n) is 8.29. The zero-order valence-electron chi connectivity index (χ0n) is 18.4. The molecule has 1 aliphatic rings. The highest BCUT2D eigenvalue weighted by Gasteiger charge is 2.30. The number of imidazole rings is 1. The number of hydrogen-bond donors (Lipinski definition) is 1. The van der Waals surface area contributed by atoms with Crippen LogP contribution in [-0.2, 0) is 11.3 Å². The minimum atomic E-state index is -0.0157. The Morgan fingerprint density at radius 2 is 1.79 bits per heavy atom. The highest BCUT2D eigenvalue weighted by Crippen LogP contribution is 2.31. The second kappa shape index (κ2) is 8.14. The SMILES string of the molecule is CCn1cc(-c2ccc3nnc(Sc4ccc5nc(NC(=O)C6CC6)cn5c4)n3c2)ccc1=O. The van der Waals surface area contributed by atoms with Crippen molar-refractivity contribution in [2.24, 2.45) is 5.92 Å². The summed E-state index contributed by atoms with van der Waals surface area (Å²) in [6.07, 6.45) is 9.54. The summed E-state index contributed by atoms with van der Waals surface area (Å²) in [6, 6.07) is 11.2. The van der Waals surface area contributed by atoms with Crippen molar-refractivity contribution in [3.05, 3.63) is 71.5 Å². The lowest BCUT2D eigenvalue weighted by atomic mass is 10.1. The Labute approximate surface area is 198 Å². The molecule has 170 valence electrons. The van der Waals surface area contributed by atoms with Crippen LogP contribution in [0.2, 0.25) is 0 Å². The molecule has 6 rings (SSSR count). The van der Waals surface area contributed by atoms with Gasteiger partial charge in [-0.2, -0.15) is 0 Å². The lowest BCUT2D eigenvalue weighted by molar-refractivity contribution is -0.117. The molecule has 0 radical (unpaired) electrons. The average Bonchev–Trinajstić information content (AvgIpc) is 3.52. The number of anilines is 1. The molecular weight excluding hydrogens is 450 g/mol. The van der Waals surface area contributed by atoms with E-state index in [0.29, 0.717) is 12.4 Å². The van der Waals surface area contributed by atoms with Gasteiger partial charge in [-0.25, -0.2) is 4.98 Å². The minimum Gasteiger partial charge on any atom is -0.315 e. The van der Waals surface area contributed by atoms with E-state index in [1.165, 1.54) is 11.8 Å². The first-order valence-electron chi connectivity index (χ1n) is 11.1. The minimum absolute atomic E-state index is 0.0157. The van der Waals surface area contributed by atoms with Crippen molar-refractivity contribution >= 4 is 34.8 Å². The van der Waals surface area contributed by atoms with Crippen LogP contribution in [0.3, 0.4) is 0 Å². The van der Waals surface area contributed by atoms with Gasteiger partial charge in [-0.15, -0.1) is 10.2 Å². The number of carbonyl (C=O) groups excluding carboxylic acids is 1. The van der Waals surface area contributed by atoms with Crippen molar-refractivity contribution in [3.8, 4) is 11.1 Å². The van der Waals surface area contributed by atoms with Gasteiger partial charge < -0.3 is 14.3 Å². The van der Waals surface area contributed by atoms with Gasteiger partial charge in [-0.05, 0) is 67.4 Å². The molecule has 1 aliphatic carbocycles. The predicted octanol–water partition coefficient (Wildman–Crippen LogP) is 3.73. The number of aryl methyl sites for hydroxylation is 1. The van der Waals surface area contributed by atoms with E-state index >= 15 is 0 Å². The number of rotatable bonds is 6. The molecule has 0 aliphatic heterocycles. The van der Waals surface area contributed by atoms with Gasteiger partial charge in [-0.1, -0.05) is 0 Å². The third kappa shape index (κ3) is 3.86. The first-order valence-corrected chi connectivity index (χ1v) is 11.9. The standard InChI is InChI=1S/C24H21N7O2S/c1-2-29-11-16(6-10-22(29)32)17-5-8-21-27-28-24(31(21)12-17)34-18-7-9-20-25-19(14-30(20)13-18)26-23(33)15-3-4-15/h5-15H,2-4H2,1H3,(H,26,33). The number of aromatic nitrogens is 6. The van der Waals surface area contributed by atoms with Gasteiger partial charge in [-0.3, -0.25) is 14.0 Å². The smallest absolute Gasteiger partial charge is 0.250 e. The van der Waals surface area contributed by atoms with E-state index in [0.717, 1.165) is 45.3 Å². The number of nitrogens with one attached hydrogen (secondary N) is 1. The first kappa shape index (κ1) is 20.7. The third-order valence-electron chi connectivity index (χ3n) is 5.86. The second-order valence-corrected chi connectivity index (χ2v) is 9.33. The van der Waals surface area contributed by atoms with Gasteiger partial charge in [0.15, 0.2) is 16.6 Å². The Kier molecular flexibility index (Phi) is 4.95. The van der Waals surface area contributed by atoms with Crippen LogP contribution >= 0.6 is 11.8 Å². The Hall–Kier alpha value is -3.92. The largest absolute Gasteiger partial charge is 0.315 e. The number of carbonyl (C=O) groups is 1. The van der Waals surface area contributed by atoms with Crippen molar-refractivity contribution in [3.63, 3.8) is 0 Å². The summed E-state index contributed by atoms with van der Waals surface area (Å²) in [5, 5.41) is 12.3. The van der Waals surface area contributed by atoms with Crippen LogP contribution in [0.25, 0.3) is 22.4 Å². The molecule has 10 heteroatoms. The number of fused-ring (bicyclic) bond motifs is 2. The maximum Gasteiger partial charge on any atom is 0.250 e. The predicted molar refractivity (Wildman–Crippen MR) is 129 cm³/mol. The van der Waals surface area contributed by atoms with Crippen LogP contribution < -0.4 is 10.9 Å². The normalized spacial score (nSPS) is 13.6. The maximum atomic E-state index is 12.0. The molecule has 0 spiro atoms. The molecule has 34 heavy (non-hydrogen) atoms. The van der Waals surface area contributed by atoms with Gasteiger partial charge in [0.1, 0.15) is 5.65 Å². The summed E-state index contributed by atoms with van der Waals surface area (Å²) in [4.78, 5) is 29.4. The van der Waals surface area contributed by atoms with Crippen molar-refractivity contribution in [1.29, 1.82) is 0 Å². The fourth-order valence-corrected chi connectivity index (χ4v) is 4.67. The van der Waals surface area contributed by atoms with E-state index in [4.69, 9.17) is 0 Å². The van der Waals surface area contributed by atoms with Crippen LogP contribution in [0, 0.1) is 5.92 Å². The van der Waals surface area contributed by atoms with Crippen LogP contribution in [0.1, 0.15) is 19.8 Å². The molecule has 0 atom stereocenters. The molecule has 0 saturated heterocycles. The summed E-state index contributed by atoms with van der Waals surface area (Å²) >= 11 is 1.49. The van der Waals surface area contributed by atoms with E-state index < -0.39 is 0 Å². The molecule has 9 nitrogen and oxygen atoms in total. The molecule has 0 bridgehead atoms. The summed E-state index contributed by atoms with van der Waals surface area (Å²) in [5.41, 5.74) is 3.41. The Morgan fingerprint density at radius 3 is 2.62 bits per heavy atom. The summed E-state index contributed by atoms with van der Waals surface area (Å²) in [6.45, 7) is 2.56.